The second kappa shape index (κ2) is 8.58. The second-order valence-corrected chi connectivity index (χ2v) is 7.94. The van der Waals surface area contributed by atoms with Crippen molar-refractivity contribution in [1.29, 1.82) is 0 Å². The van der Waals surface area contributed by atoms with Gasteiger partial charge < -0.3 is 10.1 Å². The number of hydrogen-bond acceptors (Lipinski definition) is 5. The SMILES string of the molecule is CCOc1ccc(Br)cc1C(=O)NC(=S)Nc1ccc(S(N)(=O)=O)cc1. The van der Waals surface area contributed by atoms with Crippen molar-refractivity contribution in [2.75, 3.05) is 11.9 Å². The number of benzene rings is 2. The average molecular weight is 458 g/mol. The number of thiocarbonyl (C=S) groups is 1. The predicted molar refractivity (Wildman–Crippen MR) is 107 cm³/mol. The van der Waals surface area contributed by atoms with Gasteiger partial charge >= 0.3 is 0 Å². The molecule has 0 fully saturated rings. The molecule has 0 atom stereocenters. The molecule has 0 aliphatic carbocycles. The van der Waals surface area contributed by atoms with E-state index in [1.165, 1.54) is 24.3 Å². The lowest BCUT2D eigenvalue weighted by Crippen LogP contribution is -2.34. The van der Waals surface area contributed by atoms with Crippen LogP contribution in [0.15, 0.2) is 51.8 Å². The maximum atomic E-state index is 12.4. The van der Waals surface area contributed by atoms with Crippen LogP contribution in [0.2, 0.25) is 0 Å². The largest absolute Gasteiger partial charge is 0.493 e. The Labute approximate surface area is 165 Å². The quantitative estimate of drug-likeness (QED) is 0.595. The van der Waals surface area contributed by atoms with Gasteiger partial charge in [-0.05, 0) is 61.6 Å². The molecule has 0 aliphatic heterocycles. The molecule has 10 heteroatoms. The number of carbonyl (C=O) groups excluding carboxylic acids is 1. The van der Waals surface area contributed by atoms with E-state index in [9.17, 15) is 13.2 Å². The summed E-state index contributed by atoms with van der Waals surface area (Å²) in [6.07, 6.45) is 0. The molecule has 7 nitrogen and oxygen atoms in total. The summed E-state index contributed by atoms with van der Waals surface area (Å²) in [5.41, 5.74) is 0.830. The molecule has 2 aromatic carbocycles. The summed E-state index contributed by atoms with van der Waals surface area (Å²) >= 11 is 8.44. The van der Waals surface area contributed by atoms with Crippen LogP contribution in [0.1, 0.15) is 17.3 Å². The summed E-state index contributed by atoms with van der Waals surface area (Å²) < 4.78 is 28.7. The summed E-state index contributed by atoms with van der Waals surface area (Å²) in [4.78, 5) is 12.4. The van der Waals surface area contributed by atoms with Crippen LogP contribution < -0.4 is 20.5 Å². The third kappa shape index (κ3) is 5.49. The minimum Gasteiger partial charge on any atom is -0.493 e. The minimum absolute atomic E-state index is 0.0199. The van der Waals surface area contributed by atoms with Gasteiger partial charge in [-0.25, -0.2) is 13.6 Å². The molecule has 0 saturated carbocycles. The van der Waals surface area contributed by atoms with Crippen LogP contribution in [-0.4, -0.2) is 26.0 Å². The first kappa shape index (κ1) is 20.3. The number of nitrogens with one attached hydrogen (secondary N) is 2. The standard InChI is InChI=1S/C16H16BrN3O4S2/c1-2-24-14-8-3-10(17)9-13(14)15(21)20-16(25)19-11-4-6-12(7-5-11)26(18,22)23/h3-9H,2H2,1H3,(H2,18,22,23)(H2,19,20,21,25). The van der Waals surface area contributed by atoms with E-state index in [1.54, 1.807) is 18.2 Å². The van der Waals surface area contributed by atoms with Crippen molar-refractivity contribution in [3.05, 3.63) is 52.5 Å². The number of nitrogens with two attached hydrogens (primary N) is 1. The lowest BCUT2D eigenvalue weighted by molar-refractivity contribution is 0.0974. The number of sulfonamides is 1. The van der Waals surface area contributed by atoms with Crippen molar-refractivity contribution in [2.24, 2.45) is 5.14 Å². The van der Waals surface area contributed by atoms with E-state index in [2.05, 4.69) is 26.6 Å². The van der Waals surface area contributed by atoms with E-state index >= 15 is 0 Å². The van der Waals surface area contributed by atoms with Crippen LogP contribution >= 0.6 is 28.1 Å². The lowest BCUT2D eigenvalue weighted by Gasteiger charge is -2.13. The van der Waals surface area contributed by atoms with Crippen molar-refractivity contribution in [1.82, 2.24) is 5.32 Å². The van der Waals surface area contributed by atoms with Crippen LogP contribution in [-0.2, 0) is 10.0 Å². The summed E-state index contributed by atoms with van der Waals surface area (Å²) in [5.74, 6) is 0.00177. The number of primary sulfonamides is 1. The Morgan fingerprint density at radius 3 is 2.46 bits per heavy atom. The predicted octanol–water partition coefficient (Wildman–Crippen LogP) is 2.62. The van der Waals surface area contributed by atoms with Crippen molar-refractivity contribution < 1.29 is 17.9 Å². The first-order valence-corrected chi connectivity index (χ1v) is 10.1. The van der Waals surface area contributed by atoms with Gasteiger partial charge in [-0.15, -0.1) is 0 Å². The number of ether oxygens (including phenoxy) is 1. The molecule has 1 amide bonds. The number of anilines is 1. The fourth-order valence-corrected chi connectivity index (χ4v) is 3.11. The van der Waals surface area contributed by atoms with Gasteiger partial charge in [0.2, 0.25) is 10.0 Å². The van der Waals surface area contributed by atoms with Crippen molar-refractivity contribution in [2.45, 2.75) is 11.8 Å². The van der Waals surface area contributed by atoms with E-state index in [1.807, 2.05) is 6.92 Å². The Morgan fingerprint density at radius 2 is 1.88 bits per heavy atom. The maximum absolute atomic E-state index is 12.4. The fraction of sp³-hybridized carbons (Fsp3) is 0.125. The van der Waals surface area contributed by atoms with Gasteiger partial charge in [0.05, 0.1) is 17.1 Å². The van der Waals surface area contributed by atoms with E-state index in [-0.39, 0.29) is 10.0 Å². The molecule has 0 spiro atoms. The molecule has 2 aromatic rings. The van der Waals surface area contributed by atoms with Crippen molar-refractivity contribution >= 4 is 54.9 Å². The summed E-state index contributed by atoms with van der Waals surface area (Å²) in [6, 6.07) is 10.7. The molecule has 0 heterocycles. The molecule has 0 aliphatic rings. The molecule has 26 heavy (non-hydrogen) atoms. The average Bonchev–Trinajstić information content (AvgIpc) is 2.56. The number of rotatable bonds is 5. The van der Waals surface area contributed by atoms with Gasteiger partial charge in [0.25, 0.3) is 5.91 Å². The molecule has 4 N–H and O–H groups in total. The number of hydrogen-bond donors (Lipinski definition) is 3. The number of carbonyl (C=O) groups is 1. The zero-order valence-corrected chi connectivity index (χ0v) is 16.9. The highest BCUT2D eigenvalue weighted by atomic mass is 79.9. The topological polar surface area (TPSA) is 111 Å². The van der Waals surface area contributed by atoms with E-state index in [0.717, 1.165) is 4.47 Å². The Balaban J connectivity index is 2.08. The van der Waals surface area contributed by atoms with Gasteiger partial charge in [-0.1, -0.05) is 15.9 Å². The van der Waals surface area contributed by atoms with E-state index < -0.39 is 15.9 Å². The van der Waals surface area contributed by atoms with Gasteiger partial charge in [0.15, 0.2) is 5.11 Å². The molecule has 0 bridgehead atoms. The highest BCUT2D eigenvalue weighted by molar-refractivity contribution is 9.10. The van der Waals surface area contributed by atoms with E-state index in [0.29, 0.717) is 23.6 Å². The third-order valence-electron chi connectivity index (χ3n) is 3.15. The van der Waals surface area contributed by atoms with Gasteiger partial charge in [0, 0.05) is 10.2 Å². The van der Waals surface area contributed by atoms with Crippen molar-refractivity contribution in [3.8, 4) is 5.75 Å². The molecule has 0 aromatic heterocycles. The molecule has 0 radical (unpaired) electrons. The summed E-state index contributed by atoms with van der Waals surface area (Å²) in [7, 11) is -3.77. The summed E-state index contributed by atoms with van der Waals surface area (Å²) in [5, 5.41) is 10.5. The first-order valence-electron chi connectivity index (χ1n) is 7.38. The zero-order valence-electron chi connectivity index (χ0n) is 13.7. The minimum atomic E-state index is -3.77. The van der Waals surface area contributed by atoms with Crippen LogP contribution in [0, 0.1) is 0 Å². The second-order valence-electron chi connectivity index (χ2n) is 5.05. The maximum Gasteiger partial charge on any atom is 0.261 e. The van der Waals surface area contributed by atoms with Crippen LogP contribution in [0.3, 0.4) is 0 Å². The molecule has 0 unspecified atom stereocenters. The van der Waals surface area contributed by atoms with E-state index in [4.69, 9.17) is 22.1 Å². The van der Waals surface area contributed by atoms with Gasteiger partial charge in [-0.2, -0.15) is 0 Å². The van der Waals surface area contributed by atoms with Gasteiger partial charge in [0.1, 0.15) is 5.75 Å². The molecule has 138 valence electrons. The highest BCUT2D eigenvalue weighted by Crippen LogP contribution is 2.23. The molecule has 2 rings (SSSR count). The van der Waals surface area contributed by atoms with Crippen LogP contribution in [0.25, 0.3) is 0 Å². The Kier molecular flexibility index (Phi) is 6.70. The zero-order chi connectivity index (χ0) is 19.3. The smallest absolute Gasteiger partial charge is 0.261 e. The normalized spacial score (nSPS) is 10.9. The fourth-order valence-electron chi connectivity index (χ4n) is 2.02. The lowest BCUT2D eigenvalue weighted by atomic mass is 10.2. The monoisotopic (exact) mass is 457 g/mol. The third-order valence-corrected chi connectivity index (χ3v) is 4.78. The highest BCUT2D eigenvalue weighted by Gasteiger charge is 2.15. The molecular formula is C16H16BrN3O4S2. The van der Waals surface area contributed by atoms with Crippen LogP contribution in [0.5, 0.6) is 5.75 Å². The van der Waals surface area contributed by atoms with Crippen molar-refractivity contribution in [3.63, 3.8) is 0 Å². The van der Waals surface area contributed by atoms with Crippen LogP contribution in [0.4, 0.5) is 5.69 Å². The summed E-state index contributed by atoms with van der Waals surface area (Å²) in [6.45, 7) is 2.24. The Morgan fingerprint density at radius 1 is 1.23 bits per heavy atom. The number of halogens is 1. The number of amides is 1. The first-order chi connectivity index (χ1) is 12.2. The Hall–Kier alpha value is -2.01. The molecular weight excluding hydrogens is 442 g/mol. The Bertz CT molecular complexity index is 931. The molecule has 0 saturated heterocycles. The van der Waals surface area contributed by atoms with Gasteiger partial charge in [-0.3, -0.25) is 10.1 Å².